The second-order valence-electron chi connectivity index (χ2n) is 5.93. The molecule has 0 radical (unpaired) electrons. The minimum atomic E-state index is -0.944. The maximum absolute atomic E-state index is 12.3. The average Bonchev–Trinajstić information content (AvgIpc) is 2.30. The van der Waals surface area contributed by atoms with Gasteiger partial charge in [0.25, 0.3) is 5.91 Å². The fourth-order valence-electron chi connectivity index (χ4n) is 1.81. The van der Waals surface area contributed by atoms with E-state index in [1.165, 1.54) is 0 Å². The van der Waals surface area contributed by atoms with Crippen LogP contribution in [0.4, 0.5) is 0 Å². The molecule has 5 heteroatoms. The molecule has 1 aromatic rings. The van der Waals surface area contributed by atoms with E-state index in [0.29, 0.717) is 10.6 Å². The van der Waals surface area contributed by atoms with Crippen LogP contribution in [0.15, 0.2) is 18.2 Å². The lowest BCUT2D eigenvalue weighted by Gasteiger charge is -2.30. The highest BCUT2D eigenvalue weighted by Crippen LogP contribution is 2.24. The van der Waals surface area contributed by atoms with Crippen LogP contribution in [0.1, 0.15) is 43.1 Å². The Morgan fingerprint density at radius 3 is 2.45 bits per heavy atom. The third-order valence-corrected chi connectivity index (χ3v) is 3.67. The maximum atomic E-state index is 12.3. The molecule has 1 amide bonds. The summed E-state index contributed by atoms with van der Waals surface area (Å²) in [6.45, 7) is 7.48. The van der Waals surface area contributed by atoms with Crippen molar-refractivity contribution in [3.05, 3.63) is 34.3 Å². The summed E-state index contributed by atoms with van der Waals surface area (Å²) in [5, 5.41) is 12.1. The number of rotatable bonds is 4. The number of aryl methyl sites for hydroxylation is 1. The number of hydrogen-bond acceptors (Lipinski definition) is 2. The fraction of sp³-hybridized carbons (Fsp3) is 0.467. The number of aliphatic carboxylic acids is 1. The van der Waals surface area contributed by atoms with E-state index in [1.54, 1.807) is 12.1 Å². The molecule has 1 unspecified atom stereocenters. The molecule has 4 nitrogen and oxygen atoms in total. The van der Waals surface area contributed by atoms with Crippen molar-refractivity contribution in [2.45, 2.75) is 40.2 Å². The number of carboxylic acid groups (broad SMARTS) is 1. The van der Waals surface area contributed by atoms with Crippen LogP contribution in [0.5, 0.6) is 0 Å². The second kappa shape index (κ2) is 6.27. The Morgan fingerprint density at radius 1 is 1.35 bits per heavy atom. The third kappa shape index (κ3) is 4.23. The number of hydrogen-bond donors (Lipinski definition) is 2. The SMILES string of the molecule is Cc1cccc(C(=O)NC(CC(=O)O)C(C)(C)C)c1Cl. The largest absolute Gasteiger partial charge is 0.481 e. The van der Waals surface area contributed by atoms with Crippen LogP contribution in [0, 0.1) is 12.3 Å². The van der Waals surface area contributed by atoms with Crippen LogP contribution < -0.4 is 5.32 Å². The van der Waals surface area contributed by atoms with E-state index in [9.17, 15) is 9.59 Å². The molecule has 110 valence electrons. The minimum Gasteiger partial charge on any atom is -0.481 e. The summed E-state index contributed by atoms with van der Waals surface area (Å²) >= 11 is 6.11. The third-order valence-electron chi connectivity index (χ3n) is 3.17. The molecule has 0 heterocycles. The van der Waals surface area contributed by atoms with E-state index >= 15 is 0 Å². The zero-order chi connectivity index (χ0) is 15.5. The summed E-state index contributed by atoms with van der Waals surface area (Å²) in [4.78, 5) is 23.2. The summed E-state index contributed by atoms with van der Waals surface area (Å²) in [6.07, 6.45) is -0.126. The van der Waals surface area contributed by atoms with Gasteiger partial charge in [0.15, 0.2) is 0 Å². The minimum absolute atomic E-state index is 0.126. The molecular formula is C15H20ClNO3. The zero-order valence-corrected chi connectivity index (χ0v) is 12.9. The van der Waals surface area contributed by atoms with E-state index in [4.69, 9.17) is 16.7 Å². The molecule has 0 aliphatic rings. The lowest BCUT2D eigenvalue weighted by atomic mass is 9.84. The van der Waals surface area contributed by atoms with E-state index in [1.807, 2.05) is 33.8 Å². The van der Waals surface area contributed by atoms with E-state index in [2.05, 4.69) is 5.32 Å². The van der Waals surface area contributed by atoms with Crippen molar-refractivity contribution in [1.82, 2.24) is 5.32 Å². The highest BCUT2D eigenvalue weighted by molar-refractivity contribution is 6.34. The van der Waals surface area contributed by atoms with Gasteiger partial charge in [-0.15, -0.1) is 0 Å². The first-order valence-electron chi connectivity index (χ1n) is 6.40. The Bertz CT molecular complexity index is 520. The van der Waals surface area contributed by atoms with Gasteiger partial charge in [0.2, 0.25) is 0 Å². The van der Waals surface area contributed by atoms with Crippen molar-refractivity contribution in [3.8, 4) is 0 Å². The number of nitrogens with one attached hydrogen (secondary N) is 1. The fourth-order valence-corrected chi connectivity index (χ4v) is 2.02. The number of benzene rings is 1. The predicted octanol–water partition coefficient (Wildman–Crippen LogP) is 3.27. The van der Waals surface area contributed by atoms with Gasteiger partial charge >= 0.3 is 5.97 Å². The van der Waals surface area contributed by atoms with E-state index < -0.39 is 12.0 Å². The Labute approximate surface area is 124 Å². The number of carbonyl (C=O) groups is 2. The molecule has 2 N–H and O–H groups in total. The Balaban J connectivity index is 2.96. The molecular weight excluding hydrogens is 278 g/mol. The summed E-state index contributed by atoms with van der Waals surface area (Å²) in [5.74, 6) is -1.29. The van der Waals surface area contributed by atoms with Crippen LogP contribution in [-0.4, -0.2) is 23.0 Å². The Kier molecular flexibility index (Phi) is 5.17. The molecule has 0 bridgehead atoms. The topological polar surface area (TPSA) is 66.4 Å². The van der Waals surface area contributed by atoms with Gasteiger partial charge in [-0.1, -0.05) is 44.5 Å². The normalized spacial score (nSPS) is 12.8. The van der Waals surface area contributed by atoms with Gasteiger partial charge in [-0.05, 0) is 24.0 Å². The molecule has 1 rings (SSSR count). The number of amides is 1. The molecule has 20 heavy (non-hydrogen) atoms. The predicted molar refractivity (Wildman–Crippen MR) is 79.2 cm³/mol. The van der Waals surface area contributed by atoms with Gasteiger partial charge in [-0.2, -0.15) is 0 Å². The first-order chi connectivity index (χ1) is 9.12. The van der Waals surface area contributed by atoms with Crippen molar-refractivity contribution in [2.24, 2.45) is 5.41 Å². The quantitative estimate of drug-likeness (QED) is 0.896. The molecule has 0 fully saturated rings. The highest BCUT2D eigenvalue weighted by atomic mass is 35.5. The molecule has 0 aromatic heterocycles. The van der Waals surface area contributed by atoms with Crippen molar-refractivity contribution in [1.29, 1.82) is 0 Å². The second-order valence-corrected chi connectivity index (χ2v) is 6.30. The lowest BCUT2D eigenvalue weighted by molar-refractivity contribution is -0.138. The van der Waals surface area contributed by atoms with Gasteiger partial charge in [0.1, 0.15) is 0 Å². The van der Waals surface area contributed by atoms with Crippen molar-refractivity contribution < 1.29 is 14.7 Å². The zero-order valence-electron chi connectivity index (χ0n) is 12.2. The van der Waals surface area contributed by atoms with Crippen molar-refractivity contribution >= 4 is 23.5 Å². The molecule has 0 aliphatic carbocycles. The van der Waals surface area contributed by atoms with Gasteiger partial charge in [-0.3, -0.25) is 9.59 Å². The lowest BCUT2D eigenvalue weighted by Crippen LogP contribution is -2.45. The highest BCUT2D eigenvalue weighted by Gasteiger charge is 2.29. The number of halogens is 1. The van der Waals surface area contributed by atoms with Crippen LogP contribution in [-0.2, 0) is 4.79 Å². The van der Waals surface area contributed by atoms with Gasteiger partial charge in [0, 0.05) is 6.04 Å². The molecule has 1 atom stereocenters. The first-order valence-corrected chi connectivity index (χ1v) is 6.78. The van der Waals surface area contributed by atoms with Crippen LogP contribution in [0.2, 0.25) is 5.02 Å². The van der Waals surface area contributed by atoms with Crippen molar-refractivity contribution in [3.63, 3.8) is 0 Å². The number of carbonyl (C=O) groups excluding carboxylic acids is 1. The van der Waals surface area contributed by atoms with Crippen LogP contribution in [0.3, 0.4) is 0 Å². The van der Waals surface area contributed by atoms with E-state index in [-0.39, 0.29) is 17.7 Å². The summed E-state index contributed by atoms with van der Waals surface area (Å²) in [6, 6.07) is 4.73. The molecule has 0 saturated heterocycles. The summed E-state index contributed by atoms with van der Waals surface area (Å²) in [5.41, 5.74) is 0.820. The number of carboxylic acids is 1. The van der Waals surface area contributed by atoms with Crippen LogP contribution >= 0.6 is 11.6 Å². The van der Waals surface area contributed by atoms with E-state index in [0.717, 1.165) is 5.56 Å². The van der Waals surface area contributed by atoms with Gasteiger partial charge < -0.3 is 10.4 Å². The standard InChI is InChI=1S/C15H20ClNO3/c1-9-6-5-7-10(13(9)16)14(20)17-11(8-12(18)19)15(2,3)4/h5-7,11H,8H2,1-4H3,(H,17,20)(H,18,19). The maximum Gasteiger partial charge on any atom is 0.305 e. The van der Waals surface area contributed by atoms with Crippen molar-refractivity contribution in [2.75, 3.05) is 0 Å². The summed E-state index contributed by atoms with van der Waals surface area (Å²) in [7, 11) is 0. The van der Waals surface area contributed by atoms with Gasteiger partial charge in [0.05, 0.1) is 17.0 Å². The molecule has 0 aliphatic heterocycles. The van der Waals surface area contributed by atoms with Gasteiger partial charge in [-0.25, -0.2) is 0 Å². The average molecular weight is 298 g/mol. The monoisotopic (exact) mass is 297 g/mol. The Hall–Kier alpha value is -1.55. The Morgan fingerprint density at radius 2 is 1.95 bits per heavy atom. The van der Waals surface area contributed by atoms with Crippen LogP contribution in [0.25, 0.3) is 0 Å². The molecule has 0 saturated carbocycles. The first kappa shape index (κ1) is 16.5. The summed E-state index contributed by atoms with van der Waals surface area (Å²) < 4.78 is 0. The molecule has 0 spiro atoms. The molecule has 1 aromatic carbocycles. The smallest absolute Gasteiger partial charge is 0.305 e.